The second kappa shape index (κ2) is 7.04. The van der Waals surface area contributed by atoms with Gasteiger partial charge >= 0.3 is 0 Å². The van der Waals surface area contributed by atoms with E-state index in [-0.39, 0.29) is 11.8 Å². The number of rotatable bonds is 5. The van der Waals surface area contributed by atoms with E-state index in [1.165, 1.54) is 5.56 Å². The maximum absolute atomic E-state index is 12.6. The van der Waals surface area contributed by atoms with Gasteiger partial charge in [0.2, 0.25) is 5.91 Å². The van der Waals surface area contributed by atoms with Gasteiger partial charge in [-0.05, 0) is 44.9 Å². The normalized spacial score (nSPS) is 12.2. The number of likely N-dealkylation sites (N-methyl/N-ethyl adjacent to an activating group) is 1. The van der Waals surface area contributed by atoms with Crippen molar-refractivity contribution in [2.75, 3.05) is 7.05 Å². The highest BCUT2D eigenvalue weighted by Gasteiger charge is 2.22. The average molecular weight is 352 g/mol. The van der Waals surface area contributed by atoms with Gasteiger partial charge < -0.3 is 4.90 Å². The van der Waals surface area contributed by atoms with Crippen LogP contribution in [0.25, 0.3) is 0 Å². The van der Waals surface area contributed by atoms with E-state index in [9.17, 15) is 4.79 Å². The van der Waals surface area contributed by atoms with Crippen LogP contribution in [0.5, 0.6) is 0 Å². The third-order valence-electron chi connectivity index (χ3n) is 3.33. The van der Waals surface area contributed by atoms with Gasteiger partial charge in [-0.15, -0.1) is 11.3 Å². The van der Waals surface area contributed by atoms with Crippen LogP contribution in [-0.4, -0.2) is 17.9 Å². The van der Waals surface area contributed by atoms with E-state index in [1.807, 2.05) is 42.3 Å². The van der Waals surface area contributed by atoms with Crippen LogP contribution in [0.3, 0.4) is 0 Å². The van der Waals surface area contributed by atoms with Crippen LogP contribution in [-0.2, 0) is 11.3 Å². The van der Waals surface area contributed by atoms with Crippen molar-refractivity contribution in [2.45, 2.75) is 25.8 Å². The molecule has 1 heterocycles. The molecule has 1 aromatic carbocycles. The van der Waals surface area contributed by atoms with E-state index in [0.717, 1.165) is 15.8 Å². The summed E-state index contributed by atoms with van der Waals surface area (Å²) in [5.41, 5.74) is 2.26. The van der Waals surface area contributed by atoms with Crippen molar-refractivity contribution in [2.24, 2.45) is 0 Å². The molecule has 1 amide bonds. The molecule has 0 saturated carbocycles. The first kappa shape index (κ1) is 15.3. The number of carbonyl (C=O) groups is 1. The summed E-state index contributed by atoms with van der Waals surface area (Å²) in [6.45, 7) is 2.72. The van der Waals surface area contributed by atoms with Gasteiger partial charge in [-0.1, -0.05) is 37.3 Å². The Balaban J connectivity index is 2.08. The molecule has 2 nitrogen and oxygen atoms in total. The molecule has 0 spiro atoms. The molecule has 2 aromatic rings. The van der Waals surface area contributed by atoms with Crippen molar-refractivity contribution in [3.8, 4) is 0 Å². The third-order valence-corrected chi connectivity index (χ3v) is 4.88. The van der Waals surface area contributed by atoms with Crippen LogP contribution < -0.4 is 0 Å². The highest BCUT2D eigenvalue weighted by Crippen LogP contribution is 2.24. The highest BCUT2D eigenvalue weighted by atomic mass is 79.9. The van der Waals surface area contributed by atoms with Crippen LogP contribution >= 0.6 is 27.3 Å². The molecule has 0 saturated heterocycles. The molecule has 106 valence electrons. The second-order valence-electron chi connectivity index (χ2n) is 4.82. The number of amides is 1. The Hall–Kier alpha value is -1.13. The molecule has 20 heavy (non-hydrogen) atoms. The fourth-order valence-electron chi connectivity index (χ4n) is 2.28. The lowest BCUT2D eigenvalue weighted by Crippen LogP contribution is -2.31. The molecule has 4 heteroatoms. The molecule has 0 fully saturated rings. The molecular weight excluding hydrogens is 334 g/mol. The standard InChI is InChI=1S/C16H18BrNOS/c1-3-14(13-7-5-4-6-8-13)16(19)18(2)10-12-9-15(17)20-11-12/h4-9,11,14H,3,10H2,1-2H3. The third kappa shape index (κ3) is 3.70. The van der Waals surface area contributed by atoms with Crippen molar-refractivity contribution in [3.05, 3.63) is 56.7 Å². The first-order chi connectivity index (χ1) is 9.61. The number of hydrogen-bond donors (Lipinski definition) is 0. The predicted molar refractivity (Wildman–Crippen MR) is 88.0 cm³/mol. The summed E-state index contributed by atoms with van der Waals surface area (Å²) < 4.78 is 1.10. The fraction of sp³-hybridized carbons (Fsp3) is 0.312. The van der Waals surface area contributed by atoms with Gasteiger partial charge in [-0.25, -0.2) is 0 Å². The maximum atomic E-state index is 12.6. The van der Waals surface area contributed by atoms with Crippen LogP contribution in [0.1, 0.15) is 30.4 Å². The Labute approximate surface area is 132 Å². The zero-order chi connectivity index (χ0) is 14.5. The number of halogens is 1. The Morgan fingerprint density at radius 1 is 1.35 bits per heavy atom. The highest BCUT2D eigenvalue weighted by molar-refractivity contribution is 9.11. The summed E-state index contributed by atoms with van der Waals surface area (Å²) >= 11 is 5.10. The van der Waals surface area contributed by atoms with Gasteiger partial charge in [0.25, 0.3) is 0 Å². The molecule has 1 unspecified atom stereocenters. The second-order valence-corrected chi connectivity index (χ2v) is 7.12. The molecule has 2 rings (SSSR count). The molecule has 0 aliphatic carbocycles. The van der Waals surface area contributed by atoms with Crippen molar-refractivity contribution in [1.29, 1.82) is 0 Å². The fourth-order valence-corrected chi connectivity index (χ4v) is 3.49. The summed E-state index contributed by atoms with van der Waals surface area (Å²) in [7, 11) is 1.87. The van der Waals surface area contributed by atoms with E-state index >= 15 is 0 Å². The van der Waals surface area contributed by atoms with Gasteiger partial charge in [0.1, 0.15) is 0 Å². The zero-order valence-corrected chi connectivity index (χ0v) is 14.1. The minimum absolute atomic E-state index is 0.0525. The lowest BCUT2D eigenvalue weighted by molar-refractivity contribution is -0.132. The lowest BCUT2D eigenvalue weighted by atomic mass is 9.95. The lowest BCUT2D eigenvalue weighted by Gasteiger charge is -2.23. The quantitative estimate of drug-likeness (QED) is 0.766. The largest absolute Gasteiger partial charge is 0.341 e. The van der Waals surface area contributed by atoms with Gasteiger partial charge in [-0.2, -0.15) is 0 Å². The Kier molecular flexibility index (Phi) is 5.38. The van der Waals surface area contributed by atoms with E-state index in [0.29, 0.717) is 6.54 Å². The van der Waals surface area contributed by atoms with Crippen molar-refractivity contribution < 1.29 is 4.79 Å². The van der Waals surface area contributed by atoms with Crippen LogP contribution in [0, 0.1) is 0 Å². The average Bonchev–Trinajstić information content (AvgIpc) is 2.86. The Bertz CT molecular complexity index is 567. The molecule has 0 radical (unpaired) electrons. The summed E-state index contributed by atoms with van der Waals surface area (Å²) in [6, 6.07) is 12.1. The molecule has 0 bridgehead atoms. The van der Waals surface area contributed by atoms with Crippen molar-refractivity contribution in [1.82, 2.24) is 4.90 Å². The van der Waals surface area contributed by atoms with Crippen molar-refractivity contribution >= 4 is 33.2 Å². The molecular formula is C16H18BrNOS. The van der Waals surface area contributed by atoms with E-state index in [1.54, 1.807) is 11.3 Å². The van der Waals surface area contributed by atoms with Gasteiger partial charge in [0.05, 0.1) is 9.70 Å². The van der Waals surface area contributed by atoms with Crippen LogP contribution in [0.15, 0.2) is 45.6 Å². The molecule has 0 aliphatic rings. The smallest absolute Gasteiger partial charge is 0.230 e. The summed E-state index contributed by atoms with van der Waals surface area (Å²) in [6.07, 6.45) is 0.820. The zero-order valence-electron chi connectivity index (χ0n) is 11.7. The Morgan fingerprint density at radius 2 is 2.05 bits per heavy atom. The minimum atomic E-state index is -0.0525. The van der Waals surface area contributed by atoms with Gasteiger partial charge in [-0.3, -0.25) is 4.79 Å². The maximum Gasteiger partial charge on any atom is 0.230 e. The van der Waals surface area contributed by atoms with E-state index in [2.05, 4.69) is 34.3 Å². The van der Waals surface area contributed by atoms with Crippen LogP contribution in [0.2, 0.25) is 0 Å². The molecule has 0 N–H and O–H groups in total. The summed E-state index contributed by atoms with van der Waals surface area (Å²) in [5, 5.41) is 2.08. The van der Waals surface area contributed by atoms with Crippen molar-refractivity contribution in [3.63, 3.8) is 0 Å². The summed E-state index contributed by atoms with van der Waals surface area (Å²) in [4.78, 5) is 14.4. The topological polar surface area (TPSA) is 20.3 Å². The van der Waals surface area contributed by atoms with Crippen LogP contribution in [0.4, 0.5) is 0 Å². The first-order valence-corrected chi connectivity index (χ1v) is 8.32. The summed E-state index contributed by atoms with van der Waals surface area (Å²) in [5.74, 6) is 0.129. The van der Waals surface area contributed by atoms with Gasteiger partial charge in [0.15, 0.2) is 0 Å². The number of benzene rings is 1. The monoisotopic (exact) mass is 351 g/mol. The predicted octanol–water partition coefficient (Wildman–Crippen LogP) is 4.66. The SMILES string of the molecule is CCC(C(=O)N(C)Cc1csc(Br)c1)c1ccccc1. The number of carbonyl (C=O) groups excluding carboxylic acids is 1. The molecule has 1 aromatic heterocycles. The van der Waals surface area contributed by atoms with E-state index < -0.39 is 0 Å². The Morgan fingerprint density at radius 3 is 2.60 bits per heavy atom. The number of nitrogens with zero attached hydrogens (tertiary/aromatic N) is 1. The minimum Gasteiger partial charge on any atom is -0.341 e. The van der Waals surface area contributed by atoms with Gasteiger partial charge in [0, 0.05) is 13.6 Å². The number of hydrogen-bond acceptors (Lipinski definition) is 2. The van der Waals surface area contributed by atoms with E-state index in [4.69, 9.17) is 0 Å². The number of thiophene rings is 1. The molecule has 0 aliphatic heterocycles. The molecule has 1 atom stereocenters. The first-order valence-electron chi connectivity index (χ1n) is 6.64.